The third kappa shape index (κ3) is 5.63. The van der Waals surface area contributed by atoms with Crippen LogP contribution in [0.15, 0.2) is 47.5 Å². The van der Waals surface area contributed by atoms with Crippen molar-refractivity contribution in [3.63, 3.8) is 0 Å². The predicted molar refractivity (Wildman–Crippen MR) is 115 cm³/mol. The van der Waals surface area contributed by atoms with Crippen molar-refractivity contribution in [1.82, 2.24) is 10.2 Å². The summed E-state index contributed by atoms with van der Waals surface area (Å²) in [6.45, 7) is 4.58. The second kappa shape index (κ2) is 9.82. The van der Waals surface area contributed by atoms with Crippen molar-refractivity contribution in [2.24, 2.45) is 4.99 Å². The van der Waals surface area contributed by atoms with Gasteiger partial charge in [0.05, 0.1) is 19.8 Å². The zero-order valence-electron chi connectivity index (χ0n) is 17.2. The molecule has 29 heavy (non-hydrogen) atoms. The molecule has 1 heterocycles. The van der Waals surface area contributed by atoms with Crippen LogP contribution in [0.3, 0.4) is 0 Å². The van der Waals surface area contributed by atoms with Gasteiger partial charge in [0.15, 0.2) is 17.5 Å². The molecule has 0 atom stereocenters. The molecule has 0 radical (unpaired) electrons. The lowest BCUT2D eigenvalue weighted by Crippen LogP contribution is -2.30. The summed E-state index contributed by atoms with van der Waals surface area (Å²) < 4.78 is 11.4. The SMILES string of the molecule is CCNC(=NCc1ccc(C(=O)N(C)C)cc1)Nc1ccc2c(c1)OCCCO2. The number of anilines is 1. The molecule has 0 aliphatic carbocycles. The van der Waals surface area contributed by atoms with Crippen molar-refractivity contribution in [1.29, 1.82) is 0 Å². The molecule has 7 heteroatoms. The molecule has 0 spiro atoms. The van der Waals surface area contributed by atoms with E-state index in [1.807, 2.05) is 49.4 Å². The summed E-state index contributed by atoms with van der Waals surface area (Å²) in [7, 11) is 3.49. The van der Waals surface area contributed by atoms with Crippen LogP contribution < -0.4 is 20.1 Å². The normalized spacial score (nSPS) is 13.4. The average Bonchev–Trinajstić information content (AvgIpc) is 2.97. The summed E-state index contributed by atoms with van der Waals surface area (Å²) in [5, 5.41) is 6.55. The van der Waals surface area contributed by atoms with Gasteiger partial charge in [0.25, 0.3) is 5.91 Å². The molecule has 2 aromatic carbocycles. The van der Waals surface area contributed by atoms with Crippen LogP contribution in [0.25, 0.3) is 0 Å². The standard InChI is InChI=1S/C22H28N4O3/c1-4-23-22(24-15-16-6-8-17(9-7-16)21(27)26(2)3)25-18-10-11-19-20(14-18)29-13-5-12-28-19/h6-11,14H,4-5,12-13,15H2,1-3H3,(H2,23,24,25). The number of hydrogen-bond acceptors (Lipinski definition) is 4. The van der Waals surface area contributed by atoms with Gasteiger partial charge in [-0.15, -0.1) is 0 Å². The molecule has 1 aliphatic rings. The molecule has 7 nitrogen and oxygen atoms in total. The molecule has 0 fully saturated rings. The Hall–Kier alpha value is -3.22. The molecule has 0 unspecified atom stereocenters. The Morgan fingerprint density at radius 2 is 1.79 bits per heavy atom. The third-order valence-electron chi connectivity index (χ3n) is 4.38. The highest BCUT2D eigenvalue weighted by atomic mass is 16.5. The number of nitrogens with one attached hydrogen (secondary N) is 2. The van der Waals surface area contributed by atoms with Crippen molar-refractivity contribution < 1.29 is 14.3 Å². The number of hydrogen-bond donors (Lipinski definition) is 2. The molecule has 0 aromatic heterocycles. The number of aliphatic imine (C=N–C) groups is 1. The van der Waals surface area contributed by atoms with Gasteiger partial charge >= 0.3 is 0 Å². The topological polar surface area (TPSA) is 75.2 Å². The number of carbonyl (C=O) groups excluding carboxylic acids is 1. The van der Waals surface area contributed by atoms with Crippen molar-refractivity contribution in [3.8, 4) is 11.5 Å². The van der Waals surface area contributed by atoms with Gasteiger partial charge in [-0.1, -0.05) is 12.1 Å². The maximum atomic E-state index is 12.0. The molecular formula is C22H28N4O3. The first-order valence-electron chi connectivity index (χ1n) is 9.82. The first-order chi connectivity index (χ1) is 14.1. The van der Waals surface area contributed by atoms with Crippen LogP contribution >= 0.6 is 0 Å². The van der Waals surface area contributed by atoms with E-state index in [1.54, 1.807) is 19.0 Å². The summed E-state index contributed by atoms with van der Waals surface area (Å²) in [6, 6.07) is 13.3. The van der Waals surface area contributed by atoms with Gasteiger partial charge in [0, 0.05) is 44.4 Å². The molecule has 1 aliphatic heterocycles. The predicted octanol–water partition coefficient (Wildman–Crippen LogP) is 3.13. The average molecular weight is 396 g/mol. The van der Waals surface area contributed by atoms with E-state index in [4.69, 9.17) is 9.47 Å². The summed E-state index contributed by atoms with van der Waals surface area (Å²) in [5.74, 6) is 2.17. The Bertz CT molecular complexity index is 863. The van der Waals surface area contributed by atoms with E-state index in [-0.39, 0.29) is 5.91 Å². The molecule has 154 valence electrons. The third-order valence-corrected chi connectivity index (χ3v) is 4.38. The van der Waals surface area contributed by atoms with Gasteiger partial charge in [-0.2, -0.15) is 0 Å². The summed E-state index contributed by atoms with van der Waals surface area (Å²) >= 11 is 0. The fraction of sp³-hybridized carbons (Fsp3) is 0.364. The first kappa shape index (κ1) is 20.5. The van der Waals surface area contributed by atoms with Crippen molar-refractivity contribution in [2.45, 2.75) is 19.9 Å². The number of ether oxygens (including phenoxy) is 2. The minimum atomic E-state index is -0.00975. The minimum absolute atomic E-state index is 0.00975. The quantitative estimate of drug-likeness (QED) is 0.600. The van der Waals surface area contributed by atoms with Crippen molar-refractivity contribution >= 4 is 17.6 Å². The smallest absolute Gasteiger partial charge is 0.253 e. The van der Waals surface area contributed by atoms with Crippen LogP contribution in [0.2, 0.25) is 0 Å². The number of fused-ring (bicyclic) bond motifs is 1. The summed E-state index contributed by atoms with van der Waals surface area (Å²) in [4.78, 5) is 18.2. The Morgan fingerprint density at radius 3 is 2.48 bits per heavy atom. The molecule has 0 bridgehead atoms. The Kier molecular flexibility index (Phi) is 6.94. The number of carbonyl (C=O) groups is 1. The molecule has 2 aromatic rings. The van der Waals surface area contributed by atoms with Gasteiger partial charge in [-0.25, -0.2) is 4.99 Å². The lowest BCUT2D eigenvalue weighted by atomic mass is 10.1. The fourth-order valence-electron chi connectivity index (χ4n) is 2.87. The summed E-state index contributed by atoms with van der Waals surface area (Å²) in [6.07, 6.45) is 0.875. The number of nitrogens with zero attached hydrogens (tertiary/aromatic N) is 2. The van der Waals surface area contributed by atoms with E-state index in [1.165, 1.54) is 0 Å². The van der Waals surface area contributed by atoms with Crippen molar-refractivity contribution in [2.75, 3.05) is 39.2 Å². The van der Waals surface area contributed by atoms with Gasteiger partial charge < -0.3 is 25.0 Å². The van der Waals surface area contributed by atoms with E-state index >= 15 is 0 Å². The van der Waals surface area contributed by atoms with E-state index in [2.05, 4.69) is 15.6 Å². The lowest BCUT2D eigenvalue weighted by molar-refractivity contribution is 0.0827. The number of rotatable bonds is 5. The molecule has 2 N–H and O–H groups in total. The van der Waals surface area contributed by atoms with Gasteiger partial charge in [0.2, 0.25) is 0 Å². The van der Waals surface area contributed by atoms with Crippen LogP contribution in [0.1, 0.15) is 29.3 Å². The Labute approximate surface area is 171 Å². The Morgan fingerprint density at radius 1 is 1.07 bits per heavy atom. The second-order valence-corrected chi connectivity index (χ2v) is 6.93. The van der Waals surface area contributed by atoms with Crippen LogP contribution in [0, 0.1) is 0 Å². The van der Waals surface area contributed by atoms with E-state index < -0.39 is 0 Å². The van der Waals surface area contributed by atoms with Crippen molar-refractivity contribution in [3.05, 3.63) is 53.6 Å². The van der Waals surface area contributed by atoms with E-state index in [0.29, 0.717) is 31.3 Å². The van der Waals surface area contributed by atoms with Gasteiger partial charge in [-0.05, 0) is 36.8 Å². The zero-order chi connectivity index (χ0) is 20.6. The van der Waals surface area contributed by atoms with E-state index in [9.17, 15) is 4.79 Å². The van der Waals surface area contributed by atoms with Gasteiger partial charge in [-0.3, -0.25) is 4.79 Å². The molecule has 1 amide bonds. The molecule has 3 rings (SSSR count). The van der Waals surface area contributed by atoms with Crippen LogP contribution in [-0.2, 0) is 6.54 Å². The van der Waals surface area contributed by atoms with Crippen LogP contribution in [0.4, 0.5) is 5.69 Å². The Balaban J connectivity index is 1.68. The van der Waals surface area contributed by atoms with Gasteiger partial charge in [0.1, 0.15) is 0 Å². The summed E-state index contributed by atoms with van der Waals surface area (Å²) in [5.41, 5.74) is 2.57. The number of amides is 1. The number of guanidine groups is 1. The highest BCUT2D eigenvalue weighted by molar-refractivity contribution is 5.94. The molecule has 0 saturated carbocycles. The monoisotopic (exact) mass is 396 g/mol. The lowest BCUT2D eigenvalue weighted by Gasteiger charge is -2.14. The highest BCUT2D eigenvalue weighted by Crippen LogP contribution is 2.32. The second-order valence-electron chi connectivity index (χ2n) is 6.93. The number of benzene rings is 2. The first-order valence-corrected chi connectivity index (χ1v) is 9.82. The van der Waals surface area contributed by atoms with Crippen LogP contribution in [-0.4, -0.2) is 50.6 Å². The largest absolute Gasteiger partial charge is 0.490 e. The minimum Gasteiger partial charge on any atom is -0.490 e. The highest BCUT2D eigenvalue weighted by Gasteiger charge is 2.11. The van der Waals surface area contributed by atoms with Crippen LogP contribution in [0.5, 0.6) is 11.5 Å². The maximum absolute atomic E-state index is 12.0. The van der Waals surface area contributed by atoms with E-state index in [0.717, 1.165) is 35.7 Å². The fourth-order valence-corrected chi connectivity index (χ4v) is 2.87. The molecule has 0 saturated heterocycles. The maximum Gasteiger partial charge on any atom is 0.253 e. The molecular weight excluding hydrogens is 368 g/mol. The zero-order valence-corrected chi connectivity index (χ0v) is 17.2.